The number of carbonyl (C=O) groups excluding carboxylic acids is 3. The number of esters is 1. The van der Waals surface area contributed by atoms with Gasteiger partial charge in [-0.15, -0.1) is 0 Å². The summed E-state index contributed by atoms with van der Waals surface area (Å²) in [7, 11) is 0. The van der Waals surface area contributed by atoms with Gasteiger partial charge in [-0.3, -0.25) is 19.0 Å². The third-order valence-electron chi connectivity index (χ3n) is 4.31. The van der Waals surface area contributed by atoms with E-state index in [0.717, 1.165) is 10.4 Å². The first-order chi connectivity index (χ1) is 14.8. The first kappa shape index (κ1) is 22.0. The molecule has 0 saturated heterocycles. The van der Waals surface area contributed by atoms with Crippen molar-refractivity contribution in [2.24, 2.45) is 5.10 Å². The van der Waals surface area contributed by atoms with Crippen LogP contribution >= 0.6 is 11.6 Å². The number of rotatable bonds is 5. The average Bonchev–Trinajstić information content (AvgIpc) is 3.08. The Morgan fingerprint density at radius 2 is 1.71 bits per heavy atom. The lowest BCUT2D eigenvalue weighted by molar-refractivity contribution is -0.142. The highest BCUT2D eigenvalue weighted by Gasteiger charge is 2.19. The van der Waals surface area contributed by atoms with E-state index in [1.807, 2.05) is 18.2 Å². The van der Waals surface area contributed by atoms with Gasteiger partial charge in [0.2, 0.25) is 17.7 Å². The lowest BCUT2D eigenvalue weighted by atomic mass is 10.2. The molecule has 8 heteroatoms. The SMILES string of the molecule is CC(=O)O/C(=C/c1cn(C(C)=O)c2ccccc12)N(/N=C/c1ccc(Cl)cc1)C(C)=O. The summed E-state index contributed by atoms with van der Waals surface area (Å²) in [6.45, 7) is 3.98. The first-order valence-corrected chi connectivity index (χ1v) is 9.75. The number of hydrogen-bond donors (Lipinski definition) is 0. The molecule has 1 heterocycles. The van der Waals surface area contributed by atoms with Gasteiger partial charge in [-0.05, 0) is 23.8 Å². The quantitative estimate of drug-likeness (QED) is 0.251. The van der Waals surface area contributed by atoms with Crippen LogP contribution in [0.5, 0.6) is 0 Å². The van der Waals surface area contributed by atoms with Crippen LogP contribution in [0.2, 0.25) is 5.02 Å². The van der Waals surface area contributed by atoms with Crippen LogP contribution in [-0.4, -0.2) is 33.6 Å². The molecule has 0 aliphatic carbocycles. The molecule has 0 unspecified atom stereocenters. The summed E-state index contributed by atoms with van der Waals surface area (Å²) in [4.78, 5) is 36.1. The van der Waals surface area contributed by atoms with Crippen molar-refractivity contribution in [1.82, 2.24) is 9.58 Å². The van der Waals surface area contributed by atoms with E-state index in [-0.39, 0.29) is 11.8 Å². The molecule has 3 rings (SSSR count). The maximum Gasteiger partial charge on any atom is 0.309 e. The smallest absolute Gasteiger partial charge is 0.309 e. The second kappa shape index (κ2) is 9.40. The summed E-state index contributed by atoms with van der Waals surface area (Å²) in [5.74, 6) is -1.34. The van der Waals surface area contributed by atoms with Crippen molar-refractivity contribution in [3.8, 4) is 0 Å². The van der Waals surface area contributed by atoms with Crippen LogP contribution in [0.4, 0.5) is 0 Å². The third-order valence-corrected chi connectivity index (χ3v) is 4.56. The van der Waals surface area contributed by atoms with E-state index in [4.69, 9.17) is 16.3 Å². The number of carbonyl (C=O) groups is 3. The zero-order valence-corrected chi connectivity index (χ0v) is 18.0. The van der Waals surface area contributed by atoms with E-state index in [0.29, 0.717) is 21.7 Å². The Morgan fingerprint density at radius 3 is 2.32 bits per heavy atom. The molecular formula is C23H20ClN3O4. The molecule has 0 radical (unpaired) electrons. The molecule has 2 aromatic carbocycles. The molecule has 0 bridgehead atoms. The number of nitrogens with zero attached hydrogens (tertiary/aromatic N) is 3. The summed E-state index contributed by atoms with van der Waals surface area (Å²) in [6, 6.07) is 14.2. The van der Waals surface area contributed by atoms with Crippen molar-refractivity contribution in [1.29, 1.82) is 0 Å². The fourth-order valence-corrected chi connectivity index (χ4v) is 3.09. The van der Waals surface area contributed by atoms with Crippen molar-refractivity contribution in [2.45, 2.75) is 20.8 Å². The first-order valence-electron chi connectivity index (χ1n) is 9.37. The number of hydrogen-bond acceptors (Lipinski definition) is 5. The Kier molecular flexibility index (Phi) is 6.67. The van der Waals surface area contributed by atoms with Gasteiger partial charge in [0.1, 0.15) is 0 Å². The van der Waals surface area contributed by atoms with Gasteiger partial charge in [-0.2, -0.15) is 10.1 Å². The highest BCUT2D eigenvalue weighted by Crippen LogP contribution is 2.25. The van der Waals surface area contributed by atoms with Gasteiger partial charge in [0.15, 0.2) is 0 Å². The topological polar surface area (TPSA) is 81.0 Å². The number of fused-ring (bicyclic) bond motifs is 1. The number of benzene rings is 2. The van der Waals surface area contributed by atoms with Crippen molar-refractivity contribution < 1.29 is 19.1 Å². The third kappa shape index (κ3) is 5.26. The fraction of sp³-hybridized carbons (Fsp3) is 0.130. The minimum absolute atomic E-state index is 0.0864. The van der Waals surface area contributed by atoms with Gasteiger partial charge < -0.3 is 4.74 Å². The summed E-state index contributed by atoms with van der Waals surface area (Å²) in [6.07, 6.45) is 4.58. The Labute approximate surface area is 184 Å². The van der Waals surface area contributed by atoms with Crippen LogP contribution in [0.25, 0.3) is 17.0 Å². The predicted molar refractivity (Wildman–Crippen MR) is 120 cm³/mol. The Morgan fingerprint density at radius 1 is 1.03 bits per heavy atom. The summed E-state index contributed by atoms with van der Waals surface area (Å²) >= 11 is 5.89. The molecular weight excluding hydrogens is 418 g/mol. The predicted octanol–water partition coefficient (Wildman–Crippen LogP) is 4.70. The van der Waals surface area contributed by atoms with Crippen LogP contribution in [0, 0.1) is 0 Å². The zero-order valence-electron chi connectivity index (χ0n) is 17.2. The Hall–Kier alpha value is -3.71. The van der Waals surface area contributed by atoms with Crippen molar-refractivity contribution in [3.63, 3.8) is 0 Å². The Balaban J connectivity index is 2.09. The van der Waals surface area contributed by atoms with Gasteiger partial charge in [-0.1, -0.05) is 41.9 Å². The van der Waals surface area contributed by atoms with Crippen LogP contribution in [0.15, 0.2) is 65.7 Å². The van der Waals surface area contributed by atoms with E-state index in [9.17, 15) is 14.4 Å². The fourth-order valence-electron chi connectivity index (χ4n) is 2.96. The molecule has 0 aliphatic heterocycles. The summed E-state index contributed by atoms with van der Waals surface area (Å²) < 4.78 is 6.79. The van der Waals surface area contributed by atoms with Gasteiger partial charge in [0.25, 0.3) is 0 Å². The normalized spacial score (nSPS) is 11.7. The van der Waals surface area contributed by atoms with E-state index in [1.54, 1.807) is 36.5 Å². The maximum absolute atomic E-state index is 12.3. The van der Waals surface area contributed by atoms with Crippen LogP contribution < -0.4 is 0 Å². The standard InChI is InChI=1S/C23H20ClN3O4/c1-15(28)26-14-19(21-6-4-5-7-22(21)26)12-23(31-17(3)30)27(16(2)29)25-13-18-8-10-20(24)11-9-18/h4-14H,1-3H3/b23-12+,25-13+. The molecule has 7 nitrogen and oxygen atoms in total. The zero-order chi connectivity index (χ0) is 22.5. The molecule has 1 aromatic heterocycles. The van der Waals surface area contributed by atoms with Crippen molar-refractivity contribution in [2.75, 3.05) is 0 Å². The molecule has 1 amide bonds. The van der Waals surface area contributed by atoms with Crippen LogP contribution in [-0.2, 0) is 14.3 Å². The van der Waals surface area contributed by atoms with Crippen molar-refractivity contribution in [3.05, 3.63) is 76.8 Å². The van der Waals surface area contributed by atoms with Gasteiger partial charge in [0.05, 0.1) is 11.7 Å². The van der Waals surface area contributed by atoms with E-state index >= 15 is 0 Å². The van der Waals surface area contributed by atoms with Gasteiger partial charge in [-0.25, -0.2) is 0 Å². The molecule has 158 valence electrons. The minimum atomic E-state index is -0.616. The summed E-state index contributed by atoms with van der Waals surface area (Å²) in [5.41, 5.74) is 1.99. The molecule has 0 N–H and O–H groups in total. The van der Waals surface area contributed by atoms with Crippen molar-refractivity contribution >= 4 is 52.6 Å². The highest BCUT2D eigenvalue weighted by atomic mass is 35.5. The second-order valence-corrected chi connectivity index (χ2v) is 7.13. The molecule has 0 fully saturated rings. The number of aromatic nitrogens is 1. The molecule has 3 aromatic rings. The van der Waals surface area contributed by atoms with Gasteiger partial charge in [0, 0.05) is 49.0 Å². The number of para-hydroxylation sites is 1. The molecule has 0 saturated carbocycles. The number of ether oxygens (including phenoxy) is 1. The van der Waals surface area contributed by atoms with Crippen LogP contribution in [0.1, 0.15) is 36.7 Å². The molecule has 0 atom stereocenters. The van der Waals surface area contributed by atoms with Gasteiger partial charge >= 0.3 is 5.97 Å². The maximum atomic E-state index is 12.3. The molecule has 0 spiro atoms. The lowest BCUT2D eigenvalue weighted by Gasteiger charge is -2.17. The Bertz CT molecular complexity index is 1210. The molecule has 31 heavy (non-hydrogen) atoms. The van der Waals surface area contributed by atoms with E-state index in [1.165, 1.54) is 37.6 Å². The number of amides is 1. The lowest BCUT2D eigenvalue weighted by Crippen LogP contribution is -2.25. The second-order valence-electron chi connectivity index (χ2n) is 6.69. The summed E-state index contributed by atoms with van der Waals surface area (Å²) in [5, 5.41) is 6.50. The van der Waals surface area contributed by atoms with Crippen LogP contribution in [0.3, 0.4) is 0 Å². The highest BCUT2D eigenvalue weighted by molar-refractivity contribution is 6.30. The number of halogens is 1. The minimum Gasteiger partial charge on any atom is -0.407 e. The monoisotopic (exact) mass is 437 g/mol. The number of hydrazone groups is 1. The molecule has 0 aliphatic rings. The van der Waals surface area contributed by atoms with E-state index in [2.05, 4.69) is 5.10 Å². The average molecular weight is 438 g/mol. The largest absolute Gasteiger partial charge is 0.407 e. The van der Waals surface area contributed by atoms with E-state index < -0.39 is 11.9 Å².